The van der Waals surface area contributed by atoms with Gasteiger partial charge in [0.05, 0.1) is 18.9 Å². The number of carbonyl (C=O) groups is 1. The van der Waals surface area contributed by atoms with Gasteiger partial charge in [-0.3, -0.25) is 4.79 Å². The maximum atomic E-state index is 11.8. The number of aromatic nitrogens is 1. The lowest BCUT2D eigenvalue weighted by molar-refractivity contribution is 0.0903. The molecule has 0 aliphatic rings. The zero-order valence-electron chi connectivity index (χ0n) is 11.0. The van der Waals surface area contributed by atoms with Crippen molar-refractivity contribution < 1.29 is 9.53 Å². The molecular weight excluding hydrogens is 252 g/mol. The minimum Gasteiger partial charge on any atom is -0.378 e. The topological polar surface area (TPSA) is 80.5 Å². The van der Waals surface area contributed by atoms with Gasteiger partial charge >= 0.3 is 0 Å². The zero-order valence-corrected chi connectivity index (χ0v) is 11.8. The molecule has 0 atom stereocenters. The molecule has 1 heterocycles. The Kier molecular flexibility index (Phi) is 6.03. The third-order valence-electron chi connectivity index (χ3n) is 2.23. The molecule has 0 saturated heterocycles. The fourth-order valence-corrected chi connectivity index (χ4v) is 2.04. The van der Waals surface area contributed by atoms with Gasteiger partial charge in [0.25, 0.3) is 5.91 Å². The Hall–Kier alpha value is -1.18. The summed E-state index contributed by atoms with van der Waals surface area (Å²) >= 11 is 1.20. The molecule has 18 heavy (non-hydrogen) atoms. The second kappa shape index (κ2) is 7.30. The van der Waals surface area contributed by atoms with Gasteiger partial charge in [-0.05, 0) is 21.0 Å². The van der Waals surface area contributed by atoms with Gasteiger partial charge in [0.1, 0.15) is 4.88 Å². The number of nitrogen functional groups attached to an aromatic ring is 1. The van der Waals surface area contributed by atoms with Crippen LogP contribution in [0.15, 0.2) is 0 Å². The zero-order chi connectivity index (χ0) is 13.5. The van der Waals surface area contributed by atoms with Crippen LogP contribution >= 0.6 is 11.3 Å². The highest BCUT2D eigenvalue weighted by Gasteiger charge is 2.13. The van der Waals surface area contributed by atoms with Crippen molar-refractivity contribution in [1.29, 1.82) is 0 Å². The van der Waals surface area contributed by atoms with Gasteiger partial charge in [0.2, 0.25) is 0 Å². The number of anilines is 1. The highest BCUT2D eigenvalue weighted by Crippen LogP contribution is 2.18. The first-order chi connectivity index (χ1) is 8.50. The number of carbonyl (C=O) groups excluding carboxylic acids is 1. The third-order valence-corrected chi connectivity index (χ3v) is 3.22. The van der Waals surface area contributed by atoms with Crippen LogP contribution < -0.4 is 11.1 Å². The summed E-state index contributed by atoms with van der Waals surface area (Å²) in [6.07, 6.45) is 0. The lowest BCUT2D eigenvalue weighted by Crippen LogP contribution is -2.28. The smallest absolute Gasteiger partial charge is 0.263 e. The third kappa shape index (κ3) is 4.99. The van der Waals surface area contributed by atoms with E-state index in [1.807, 2.05) is 19.0 Å². The number of hydrogen-bond acceptors (Lipinski definition) is 6. The average Bonchev–Trinajstić information content (AvgIpc) is 2.62. The predicted octanol–water partition coefficient (Wildman–Crippen LogP) is 0.342. The summed E-state index contributed by atoms with van der Waals surface area (Å²) in [6, 6.07) is 0. The number of nitrogens with two attached hydrogens (primary N) is 1. The lowest BCUT2D eigenvalue weighted by Gasteiger charge is -2.10. The molecule has 0 aliphatic heterocycles. The molecular formula is C11H20N4O2S. The van der Waals surface area contributed by atoms with E-state index in [9.17, 15) is 4.79 Å². The molecule has 0 radical (unpaired) electrons. The van der Waals surface area contributed by atoms with Gasteiger partial charge in [0.15, 0.2) is 5.13 Å². The second-order valence-electron chi connectivity index (χ2n) is 4.14. The Labute approximate surface area is 111 Å². The second-order valence-corrected chi connectivity index (χ2v) is 5.17. The predicted molar refractivity (Wildman–Crippen MR) is 73.0 cm³/mol. The number of nitrogens with zero attached hydrogens (tertiary/aromatic N) is 2. The van der Waals surface area contributed by atoms with E-state index < -0.39 is 0 Å². The molecule has 1 aromatic heterocycles. The van der Waals surface area contributed by atoms with Crippen molar-refractivity contribution in [2.75, 3.05) is 46.1 Å². The normalized spacial score (nSPS) is 10.9. The summed E-state index contributed by atoms with van der Waals surface area (Å²) in [6.45, 7) is 4.31. The van der Waals surface area contributed by atoms with Crippen LogP contribution in [0.1, 0.15) is 15.4 Å². The van der Waals surface area contributed by atoms with Crippen molar-refractivity contribution in [2.45, 2.75) is 6.92 Å². The van der Waals surface area contributed by atoms with Crippen LogP contribution in [0.3, 0.4) is 0 Å². The Morgan fingerprint density at radius 2 is 2.22 bits per heavy atom. The Balaban J connectivity index is 2.20. The van der Waals surface area contributed by atoms with Gasteiger partial charge in [-0.25, -0.2) is 4.98 Å². The van der Waals surface area contributed by atoms with Gasteiger partial charge in [0, 0.05) is 13.1 Å². The average molecular weight is 272 g/mol. The summed E-state index contributed by atoms with van der Waals surface area (Å²) in [5, 5.41) is 3.20. The SMILES string of the molecule is Cc1nc(N)sc1C(=O)NCCOCCN(C)C. The minimum absolute atomic E-state index is 0.141. The van der Waals surface area contributed by atoms with Crippen molar-refractivity contribution >= 4 is 22.4 Å². The highest BCUT2D eigenvalue weighted by molar-refractivity contribution is 7.17. The lowest BCUT2D eigenvalue weighted by atomic mass is 10.4. The molecule has 0 aromatic carbocycles. The molecule has 0 spiro atoms. The maximum absolute atomic E-state index is 11.8. The maximum Gasteiger partial charge on any atom is 0.263 e. The summed E-state index contributed by atoms with van der Waals surface area (Å²) < 4.78 is 5.37. The van der Waals surface area contributed by atoms with E-state index in [2.05, 4.69) is 10.3 Å². The largest absolute Gasteiger partial charge is 0.378 e. The van der Waals surface area contributed by atoms with Gasteiger partial charge in [-0.1, -0.05) is 11.3 Å². The Morgan fingerprint density at radius 1 is 1.50 bits per heavy atom. The molecule has 0 fully saturated rings. The number of nitrogens with one attached hydrogen (secondary N) is 1. The molecule has 0 unspecified atom stereocenters. The van der Waals surface area contributed by atoms with Crippen molar-refractivity contribution in [3.63, 3.8) is 0 Å². The fourth-order valence-electron chi connectivity index (χ4n) is 1.29. The molecule has 3 N–H and O–H groups in total. The molecule has 1 amide bonds. The molecule has 0 bridgehead atoms. The van der Waals surface area contributed by atoms with Crippen LogP contribution in [0.5, 0.6) is 0 Å². The van der Waals surface area contributed by atoms with Crippen LogP contribution in [-0.4, -0.2) is 56.2 Å². The number of thiazole rings is 1. The number of aryl methyl sites for hydroxylation is 1. The molecule has 102 valence electrons. The van der Waals surface area contributed by atoms with Crippen LogP contribution in [0.4, 0.5) is 5.13 Å². The standard InChI is InChI=1S/C11H20N4O2S/c1-8-9(18-11(12)14-8)10(16)13-4-6-17-7-5-15(2)3/h4-7H2,1-3H3,(H2,12,14)(H,13,16). The minimum atomic E-state index is -0.141. The van der Waals surface area contributed by atoms with Gasteiger partial charge in [-0.2, -0.15) is 0 Å². The van der Waals surface area contributed by atoms with E-state index in [1.165, 1.54) is 11.3 Å². The summed E-state index contributed by atoms with van der Waals surface area (Å²) in [5.74, 6) is -0.141. The first-order valence-electron chi connectivity index (χ1n) is 5.74. The summed E-state index contributed by atoms with van der Waals surface area (Å²) in [4.78, 5) is 18.4. The van der Waals surface area contributed by atoms with Gasteiger partial charge < -0.3 is 20.7 Å². The van der Waals surface area contributed by atoms with E-state index in [4.69, 9.17) is 10.5 Å². The van der Waals surface area contributed by atoms with E-state index in [1.54, 1.807) is 6.92 Å². The number of likely N-dealkylation sites (N-methyl/N-ethyl adjacent to an activating group) is 1. The molecule has 6 nitrogen and oxygen atoms in total. The first kappa shape index (κ1) is 14.9. The number of ether oxygens (including phenoxy) is 1. The highest BCUT2D eigenvalue weighted by atomic mass is 32.1. The van der Waals surface area contributed by atoms with Crippen LogP contribution in [0.2, 0.25) is 0 Å². The quantitative estimate of drug-likeness (QED) is 0.700. The van der Waals surface area contributed by atoms with Gasteiger partial charge in [-0.15, -0.1) is 0 Å². The monoisotopic (exact) mass is 272 g/mol. The molecule has 0 saturated carbocycles. The van der Waals surface area contributed by atoms with E-state index in [0.717, 1.165) is 6.54 Å². The van der Waals surface area contributed by atoms with Crippen LogP contribution in [0, 0.1) is 6.92 Å². The Bertz CT molecular complexity index is 392. The molecule has 1 rings (SSSR count). The molecule has 7 heteroatoms. The van der Waals surface area contributed by atoms with Crippen molar-refractivity contribution in [2.24, 2.45) is 0 Å². The Morgan fingerprint density at radius 3 is 2.78 bits per heavy atom. The van der Waals surface area contributed by atoms with E-state index >= 15 is 0 Å². The van der Waals surface area contributed by atoms with E-state index in [0.29, 0.717) is 35.5 Å². The summed E-state index contributed by atoms with van der Waals surface area (Å²) in [5.41, 5.74) is 6.21. The number of amides is 1. The number of hydrogen-bond donors (Lipinski definition) is 2. The molecule has 0 aliphatic carbocycles. The van der Waals surface area contributed by atoms with Crippen LogP contribution in [0.25, 0.3) is 0 Å². The van der Waals surface area contributed by atoms with Crippen molar-refractivity contribution in [3.05, 3.63) is 10.6 Å². The number of rotatable bonds is 7. The van der Waals surface area contributed by atoms with Crippen molar-refractivity contribution in [3.8, 4) is 0 Å². The first-order valence-corrected chi connectivity index (χ1v) is 6.56. The van der Waals surface area contributed by atoms with E-state index in [-0.39, 0.29) is 5.91 Å². The van der Waals surface area contributed by atoms with Crippen molar-refractivity contribution in [1.82, 2.24) is 15.2 Å². The molecule has 1 aromatic rings. The summed E-state index contributed by atoms with van der Waals surface area (Å²) in [7, 11) is 3.98. The fraction of sp³-hybridized carbons (Fsp3) is 0.636. The van der Waals surface area contributed by atoms with Crippen LogP contribution in [-0.2, 0) is 4.74 Å².